The number of nitrogens with two attached hydrogens (primary N) is 1. The summed E-state index contributed by atoms with van der Waals surface area (Å²) in [6.45, 7) is 4.67. The lowest BCUT2D eigenvalue weighted by Crippen LogP contribution is -2.11. The van der Waals surface area contributed by atoms with Gasteiger partial charge >= 0.3 is 0 Å². The van der Waals surface area contributed by atoms with Crippen molar-refractivity contribution in [2.75, 3.05) is 11.9 Å². The Labute approximate surface area is 173 Å². The molecule has 0 saturated heterocycles. The van der Waals surface area contributed by atoms with E-state index in [4.69, 9.17) is 10.5 Å². The van der Waals surface area contributed by atoms with Gasteiger partial charge in [0, 0.05) is 30.4 Å². The summed E-state index contributed by atoms with van der Waals surface area (Å²) in [5, 5.41) is 2.93. The smallest absolute Gasteiger partial charge is 0.224 e. The average molecular weight is 414 g/mol. The number of aromatic nitrogens is 1. The molecule has 0 aliphatic heterocycles. The Morgan fingerprint density at radius 3 is 2.52 bits per heavy atom. The Kier molecular flexibility index (Phi) is 12.5. The van der Waals surface area contributed by atoms with Crippen molar-refractivity contribution in [2.45, 2.75) is 46.0 Å². The van der Waals surface area contributed by atoms with Crippen LogP contribution in [0.3, 0.4) is 0 Å². The molecule has 0 saturated carbocycles. The van der Waals surface area contributed by atoms with Gasteiger partial charge in [-0.25, -0.2) is 4.98 Å². The number of halogens is 2. The number of hydrogen-bond acceptors (Lipinski definition) is 4. The van der Waals surface area contributed by atoms with Gasteiger partial charge in [0.05, 0.1) is 0 Å². The standard InChI is InChI=1S/C20H27N3O2.2ClH/c1-15-10-12-22-20(13-15)25-18-14-17(9-8-16(18)2)23-19(24)7-5-3-4-6-11-21;;/h8-10,12-14H,3-7,11,21H2,1-2H3,(H,23,24);2*1H. The Bertz CT molecular complexity index is 711. The van der Waals surface area contributed by atoms with Gasteiger partial charge in [0.25, 0.3) is 0 Å². The summed E-state index contributed by atoms with van der Waals surface area (Å²) in [5.41, 5.74) is 8.28. The molecule has 1 aromatic carbocycles. The van der Waals surface area contributed by atoms with E-state index in [-0.39, 0.29) is 30.7 Å². The number of amides is 1. The lowest BCUT2D eigenvalue weighted by molar-refractivity contribution is -0.116. The number of carbonyl (C=O) groups is 1. The number of hydrogen-bond donors (Lipinski definition) is 2. The highest BCUT2D eigenvalue weighted by Crippen LogP contribution is 2.27. The summed E-state index contributed by atoms with van der Waals surface area (Å²) in [6.07, 6.45) is 6.26. The summed E-state index contributed by atoms with van der Waals surface area (Å²) < 4.78 is 5.86. The third-order valence-corrected chi connectivity index (χ3v) is 3.93. The highest BCUT2D eigenvalue weighted by molar-refractivity contribution is 5.90. The zero-order valence-corrected chi connectivity index (χ0v) is 17.5. The largest absolute Gasteiger partial charge is 0.439 e. The second-order valence-electron chi connectivity index (χ2n) is 6.25. The highest BCUT2D eigenvalue weighted by atomic mass is 35.5. The number of ether oxygens (including phenoxy) is 1. The number of unbranched alkanes of at least 4 members (excludes halogenated alkanes) is 3. The van der Waals surface area contributed by atoms with Crippen molar-refractivity contribution in [3.8, 4) is 11.6 Å². The minimum atomic E-state index is 0. The molecule has 1 amide bonds. The quantitative estimate of drug-likeness (QED) is 0.554. The molecular formula is C20H29Cl2N3O2. The van der Waals surface area contributed by atoms with Crippen LogP contribution in [0.4, 0.5) is 5.69 Å². The maximum Gasteiger partial charge on any atom is 0.224 e. The number of aryl methyl sites for hydroxylation is 2. The van der Waals surface area contributed by atoms with Gasteiger partial charge in [0.1, 0.15) is 5.75 Å². The summed E-state index contributed by atoms with van der Waals surface area (Å²) >= 11 is 0. The van der Waals surface area contributed by atoms with Gasteiger partial charge in [-0.15, -0.1) is 24.8 Å². The summed E-state index contributed by atoms with van der Waals surface area (Å²) in [6, 6.07) is 9.46. The number of pyridine rings is 1. The molecule has 0 aliphatic rings. The van der Waals surface area contributed by atoms with Crippen LogP contribution < -0.4 is 15.8 Å². The molecular weight excluding hydrogens is 385 g/mol. The number of benzene rings is 1. The molecule has 1 heterocycles. The Morgan fingerprint density at radius 1 is 1.07 bits per heavy atom. The molecule has 0 atom stereocenters. The van der Waals surface area contributed by atoms with Crippen LogP contribution in [0, 0.1) is 13.8 Å². The van der Waals surface area contributed by atoms with Crippen LogP contribution in [0.5, 0.6) is 11.6 Å². The topological polar surface area (TPSA) is 77.2 Å². The Morgan fingerprint density at radius 2 is 1.81 bits per heavy atom. The van der Waals surface area contributed by atoms with Crippen LogP contribution in [0.2, 0.25) is 0 Å². The Hall–Kier alpha value is -1.82. The van der Waals surface area contributed by atoms with Gasteiger partial charge in [0.15, 0.2) is 0 Å². The van der Waals surface area contributed by atoms with Crippen LogP contribution in [-0.2, 0) is 4.79 Å². The van der Waals surface area contributed by atoms with Gasteiger partial charge in [-0.05, 0) is 56.5 Å². The first kappa shape index (κ1) is 25.2. The molecule has 2 rings (SSSR count). The van der Waals surface area contributed by atoms with Crippen molar-refractivity contribution in [1.82, 2.24) is 4.98 Å². The van der Waals surface area contributed by atoms with E-state index in [9.17, 15) is 4.79 Å². The van der Waals surface area contributed by atoms with Crippen LogP contribution >= 0.6 is 24.8 Å². The van der Waals surface area contributed by atoms with E-state index >= 15 is 0 Å². The predicted molar refractivity (Wildman–Crippen MR) is 115 cm³/mol. The summed E-state index contributed by atoms with van der Waals surface area (Å²) in [7, 11) is 0. The molecule has 0 aliphatic carbocycles. The van der Waals surface area contributed by atoms with Gasteiger partial charge in [-0.3, -0.25) is 4.79 Å². The average Bonchev–Trinajstić information content (AvgIpc) is 2.58. The molecule has 1 aromatic heterocycles. The van der Waals surface area contributed by atoms with E-state index < -0.39 is 0 Å². The van der Waals surface area contributed by atoms with Crippen LogP contribution in [-0.4, -0.2) is 17.4 Å². The summed E-state index contributed by atoms with van der Waals surface area (Å²) in [4.78, 5) is 16.3. The van der Waals surface area contributed by atoms with Gasteiger partial charge in [-0.1, -0.05) is 18.9 Å². The molecule has 5 nitrogen and oxygen atoms in total. The maximum atomic E-state index is 12.1. The van der Waals surface area contributed by atoms with E-state index in [0.717, 1.165) is 42.5 Å². The van der Waals surface area contributed by atoms with Crippen LogP contribution in [0.1, 0.15) is 43.2 Å². The van der Waals surface area contributed by atoms with Crippen LogP contribution in [0.15, 0.2) is 36.5 Å². The number of nitrogens with zero attached hydrogens (tertiary/aromatic N) is 1. The van der Waals surface area contributed by atoms with Gasteiger partial charge < -0.3 is 15.8 Å². The normalized spacial score (nSPS) is 9.74. The van der Waals surface area contributed by atoms with Crippen molar-refractivity contribution in [1.29, 1.82) is 0 Å². The number of rotatable bonds is 9. The minimum absolute atomic E-state index is 0. The third kappa shape index (κ3) is 9.09. The fourth-order valence-corrected chi connectivity index (χ4v) is 2.47. The zero-order chi connectivity index (χ0) is 18.1. The fourth-order valence-electron chi connectivity index (χ4n) is 2.47. The van der Waals surface area contributed by atoms with Gasteiger partial charge in [-0.2, -0.15) is 0 Å². The predicted octanol–water partition coefficient (Wildman–Crippen LogP) is 5.18. The lowest BCUT2D eigenvalue weighted by atomic mass is 10.1. The van der Waals surface area contributed by atoms with E-state index in [2.05, 4.69) is 10.3 Å². The second kappa shape index (κ2) is 13.4. The molecule has 2 aromatic rings. The Balaban J connectivity index is 0.00000338. The van der Waals surface area contributed by atoms with Crippen molar-refractivity contribution < 1.29 is 9.53 Å². The third-order valence-electron chi connectivity index (χ3n) is 3.93. The number of nitrogens with one attached hydrogen (secondary N) is 1. The molecule has 0 fully saturated rings. The highest BCUT2D eigenvalue weighted by Gasteiger charge is 2.07. The molecule has 7 heteroatoms. The maximum absolute atomic E-state index is 12.1. The second-order valence-corrected chi connectivity index (χ2v) is 6.25. The minimum Gasteiger partial charge on any atom is -0.439 e. The van der Waals surface area contributed by atoms with E-state index in [1.807, 2.05) is 44.2 Å². The van der Waals surface area contributed by atoms with E-state index in [0.29, 0.717) is 24.6 Å². The zero-order valence-electron chi connectivity index (χ0n) is 15.9. The van der Waals surface area contributed by atoms with Crippen molar-refractivity contribution in [3.63, 3.8) is 0 Å². The van der Waals surface area contributed by atoms with E-state index in [1.54, 1.807) is 6.20 Å². The van der Waals surface area contributed by atoms with Crippen molar-refractivity contribution >= 4 is 36.4 Å². The number of carbonyl (C=O) groups excluding carboxylic acids is 1. The lowest BCUT2D eigenvalue weighted by Gasteiger charge is -2.11. The monoisotopic (exact) mass is 413 g/mol. The van der Waals surface area contributed by atoms with E-state index in [1.165, 1.54) is 0 Å². The molecule has 0 radical (unpaired) electrons. The molecule has 27 heavy (non-hydrogen) atoms. The van der Waals surface area contributed by atoms with Gasteiger partial charge in [0.2, 0.25) is 11.8 Å². The molecule has 0 bridgehead atoms. The molecule has 0 unspecified atom stereocenters. The SMILES string of the molecule is Cc1ccnc(Oc2cc(NC(=O)CCCCCCN)ccc2C)c1.Cl.Cl. The summed E-state index contributed by atoms with van der Waals surface area (Å²) in [5.74, 6) is 1.27. The fraction of sp³-hybridized carbons (Fsp3) is 0.400. The molecule has 150 valence electrons. The first-order valence-corrected chi connectivity index (χ1v) is 8.79. The van der Waals surface area contributed by atoms with Crippen LogP contribution in [0.25, 0.3) is 0 Å². The molecule has 0 spiro atoms. The first-order valence-electron chi connectivity index (χ1n) is 8.79. The van der Waals surface area contributed by atoms with Crippen molar-refractivity contribution in [3.05, 3.63) is 47.7 Å². The van der Waals surface area contributed by atoms with Crippen molar-refractivity contribution in [2.24, 2.45) is 5.73 Å². The first-order chi connectivity index (χ1) is 12.1. The molecule has 3 N–H and O–H groups in total. The number of anilines is 1.